The highest BCUT2D eigenvalue weighted by Crippen LogP contribution is 2.31. The van der Waals surface area contributed by atoms with Gasteiger partial charge in [0.2, 0.25) is 0 Å². The number of rotatable bonds is 5. The quantitative estimate of drug-likeness (QED) is 0.886. The van der Waals surface area contributed by atoms with E-state index in [4.69, 9.17) is 5.73 Å². The van der Waals surface area contributed by atoms with Crippen LogP contribution in [0.1, 0.15) is 34.6 Å². The molecule has 3 rings (SSSR count). The second-order valence-corrected chi connectivity index (χ2v) is 6.10. The summed E-state index contributed by atoms with van der Waals surface area (Å²) < 4.78 is 1.88. The van der Waals surface area contributed by atoms with Crippen LogP contribution in [0.25, 0.3) is 5.69 Å². The highest BCUT2D eigenvalue weighted by Gasteiger charge is 2.28. The number of hydrogen-bond donors (Lipinski definition) is 2. The fourth-order valence-corrected chi connectivity index (χ4v) is 2.65. The molecule has 22 heavy (non-hydrogen) atoms. The lowest BCUT2D eigenvalue weighted by Crippen LogP contribution is -2.38. The molecule has 1 aromatic heterocycles. The molecule has 1 atom stereocenters. The number of nitrogens with zero attached hydrogens (tertiary/aromatic N) is 2. The van der Waals surface area contributed by atoms with Crippen molar-refractivity contribution in [3.8, 4) is 5.69 Å². The molecular weight excluding hydrogens is 276 g/mol. The molecular formula is C17H22N4O. The molecule has 1 aromatic carbocycles. The van der Waals surface area contributed by atoms with Crippen molar-refractivity contribution in [2.24, 2.45) is 11.7 Å². The Hall–Kier alpha value is -2.14. The number of aromatic nitrogens is 2. The van der Waals surface area contributed by atoms with Crippen molar-refractivity contribution in [1.29, 1.82) is 0 Å². The third-order valence-corrected chi connectivity index (χ3v) is 4.11. The van der Waals surface area contributed by atoms with Crippen LogP contribution in [-0.2, 0) is 0 Å². The zero-order valence-electron chi connectivity index (χ0n) is 13.0. The van der Waals surface area contributed by atoms with E-state index in [1.807, 2.05) is 48.9 Å². The fraction of sp³-hybridized carbons (Fsp3) is 0.412. The van der Waals surface area contributed by atoms with Gasteiger partial charge in [-0.3, -0.25) is 4.79 Å². The summed E-state index contributed by atoms with van der Waals surface area (Å²) in [5, 5.41) is 7.35. The third kappa shape index (κ3) is 3.20. The average Bonchev–Trinajstić information content (AvgIpc) is 3.30. The smallest absolute Gasteiger partial charge is 0.251 e. The molecule has 1 aliphatic carbocycles. The van der Waals surface area contributed by atoms with E-state index in [1.165, 1.54) is 12.8 Å². The van der Waals surface area contributed by atoms with E-state index in [2.05, 4.69) is 10.4 Å². The maximum Gasteiger partial charge on any atom is 0.251 e. The van der Waals surface area contributed by atoms with Gasteiger partial charge in [0.15, 0.2) is 0 Å². The highest BCUT2D eigenvalue weighted by molar-refractivity contribution is 5.94. The molecule has 1 aliphatic rings. The summed E-state index contributed by atoms with van der Waals surface area (Å²) in [4.78, 5) is 12.1. The first kappa shape index (κ1) is 14.8. The van der Waals surface area contributed by atoms with Crippen LogP contribution in [0.5, 0.6) is 0 Å². The minimum atomic E-state index is -0.0731. The molecule has 0 aliphatic heterocycles. The number of nitrogens with two attached hydrogens (primary N) is 1. The molecule has 2 aromatic rings. The molecule has 1 fully saturated rings. The number of nitrogens with one attached hydrogen (secondary N) is 1. The van der Waals surface area contributed by atoms with Crippen LogP contribution < -0.4 is 11.1 Å². The zero-order valence-corrected chi connectivity index (χ0v) is 13.0. The molecule has 0 radical (unpaired) electrons. The number of carbonyl (C=O) groups is 1. The molecule has 3 N–H and O–H groups in total. The maximum atomic E-state index is 12.1. The third-order valence-electron chi connectivity index (χ3n) is 4.11. The van der Waals surface area contributed by atoms with Crippen LogP contribution in [0.15, 0.2) is 30.3 Å². The SMILES string of the molecule is Cc1cc(C)n(-c2ccc(C(=O)NCC(N)C3CC3)cc2)n1. The van der Waals surface area contributed by atoms with E-state index in [-0.39, 0.29) is 11.9 Å². The van der Waals surface area contributed by atoms with Gasteiger partial charge in [0.25, 0.3) is 5.91 Å². The predicted octanol–water partition coefficient (Wildman–Crippen LogP) is 1.96. The number of benzene rings is 1. The van der Waals surface area contributed by atoms with E-state index in [1.54, 1.807) is 0 Å². The summed E-state index contributed by atoms with van der Waals surface area (Å²) >= 11 is 0. The van der Waals surface area contributed by atoms with Crippen LogP contribution in [0.3, 0.4) is 0 Å². The molecule has 0 saturated heterocycles. The minimum Gasteiger partial charge on any atom is -0.350 e. The van der Waals surface area contributed by atoms with Crippen molar-refractivity contribution in [3.05, 3.63) is 47.3 Å². The van der Waals surface area contributed by atoms with E-state index >= 15 is 0 Å². The molecule has 0 spiro atoms. The Morgan fingerprint density at radius 3 is 2.59 bits per heavy atom. The number of hydrogen-bond acceptors (Lipinski definition) is 3. The van der Waals surface area contributed by atoms with E-state index < -0.39 is 0 Å². The number of amides is 1. The van der Waals surface area contributed by atoms with Crippen molar-refractivity contribution in [2.75, 3.05) is 6.54 Å². The second kappa shape index (κ2) is 5.93. The largest absolute Gasteiger partial charge is 0.350 e. The molecule has 5 nitrogen and oxygen atoms in total. The topological polar surface area (TPSA) is 72.9 Å². The van der Waals surface area contributed by atoms with Gasteiger partial charge < -0.3 is 11.1 Å². The zero-order chi connectivity index (χ0) is 15.7. The molecule has 1 heterocycles. The van der Waals surface area contributed by atoms with Gasteiger partial charge in [0.05, 0.1) is 11.4 Å². The van der Waals surface area contributed by atoms with Crippen molar-refractivity contribution in [3.63, 3.8) is 0 Å². The molecule has 5 heteroatoms. The lowest BCUT2D eigenvalue weighted by molar-refractivity contribution is 0.0950. The normalized spacial score (nSPS) is 15.6. The first-order chi connectivity index (χ1) is 10.5. The van der Waals surface area contributed by atoms with E-state index in [0.29, 0.717) is 18.0 Å². The summed E-state index contributed by atoms with van der Waals surface area (Å²) in [6, 6.07) is 9.58. The van der Waals surface area contributed by atoms with E-state index in [9.17, 15) is 4.79 Å². The van der Waals surface area contributed by atoms with Gasteiger partial charge in [-0.25, -0.2) is 4.68 Å². The fourth-order valence-electron chi connectivity index (χ4n) is 2.65. The Morgan fingerprint density at radius 2 is 2.05 bits per heavy atom. The van der Waals surface area contributed by atoms with Crippen LogP contribution in [-0.4, -0.2) is 28.3 Å². The van der Waals surface area contributed by atoms with E-state index in [0.717, 1.165) is 17.1 Å². The summed E-state index contributed by atoms with van der Waals surface area (Å²) in [7, 11) is 0. The lowest BCUT2D eigenvalue weighted by Gasteiger charge is -2.12. The highest BCUT2D eigenvalue weighted by atomic mass is 16.1. The number of aryl methyl sites for hydroxylation is 2. The second-order valence-electron chi connectivity index (χ2n) is 6.10. The first-order valence-corrected chi connectivity index (χ1v) is 7.72. The molecule has 1 amide bonds. The van der Waals surface area contributed by atoms with Gasteiger partial charge in [-0.15, -0.1) is 0 Å². The minimum absolute atomic E-state index is 0.0731. The Balaban J connectivity index is 1.65. The summed E-state index contributed by atoms with van der Waals surface area (Å²) in [5.74, 6) is 0.518. The number of carbonyl (C=O) groups excluding carboxylic acids is 1. The molecule has 1 saturated carbocycles. The Kier molecular flexibility index (Phi) is 3.98. The van der Waals surface area contributed by atoms with Gasteiger partial charge >= 0.3 is 0 Å². The summed E-state index contributed by atoms with van der Waals surface area (Å²) in [6.07, 6.45) is 2.38. The maximum absolute atomic E-state index is 12.1. The first-order valence-electron chi connectivity index (χ1n) is 7.72. The summed E-state index contributed by atoms with van der Waals surface area (Å²) in [5.41, 5.74) is 9.65. The Morgan fingerprint density at radius 1 is 1.36 bits per heavy atom. The Labute approximate surface area is 130 Å². The van der Waals surface area contributed by atoms with Crippen molar-refractivity contribution in [2.45, 2.75) is 32.7 Å². The van der Waals surface area contributed by atoms with Gasteiger partial charge in [-0.05, 0) is 62.9 Å². The van der Waals surface area contributed by atoms with Gasteiger partial charge in [0.1, 0.15) is 0 Å². The summed E-state index contributed by atoms with van der Waals surface area (Å²) in [6.45, 7) is 4.52. The van der Waals surface area contributed by atoms with Crippen molar-refractivity contribution >= 4 is 5.91 Å². The average molecular weight is 298 g/mol. The van der Waals surface area contributed by atoms with Crippen LogP contribution in [0, 0.1) is 19.8 Å². The van der Waals surface area contributed by atoms with Gasteiger partial charge in [-0.2, -0.15) is 5.10 Å². The van der Waals surface area contributed by atoms with Crippen LogP contribution in [0.2, 0.25) is 0 Å². The lowest BCUT2D eigenvalue weighted by atomic mass is 10.1. The standard InChI is InChI=1S/C17H22N4O/c1-11-9-12(2)21(20-11)15-7-5-14(6-8-15)17(22)19-10-16(18)13-3-4-13/h5-9,13,16H,3-4,10,18H2,1-2H3,(H,19,22). The Bertz CT molecular complexity index is 670. The van der Waals surface area contributed by atoms with Gasteiger partial charge in [0, 0.05) is 23.8 Å². The molecule has 1 unspecified atom stereocenters. The van der Waals surface area contributed by atoms with Crippen LogP contribution >= 0.6 is 0 Å². The molecule has 0 bridgehead atoms. The van der Waals surface area contributed by atoms with Gasteiger partial charge in [-0.1, -0.05) is 0 Å². The monoisotopic (exact) mass is 298 g/mol. The van der Waals surface area contributed by atoms with Crippen molar-refractivity contribution < 1.29 is 4.79 Å². The van der Waals surface area contributed by atoms with Crippen LogP contribution in [0.4, 0.5) is 0 Å². The molecule has 116 valence electrons. The van der Waals surface area contributed by atoms with Crippen molar-refractivity contribution in [1.82, 2.24) is 15.1 Å². The predicted molar refractivity (Wildman–Crippen MR) is 86.1 cm³/mol.